The van der Waals surface area contributed by atoms with Crippen molar-refractivity contribution in [2.75, 3.05) is 20.0 Å². The second kappa shape index (κ2) is 9.04. The number of ether oxygens (including phenoxy) is 2. The molecule has 0 atom stereocenters. The second-order valence-corrected chi connectivity index (χ2v) is 6.29. The molecule has 1 amide bonds. The molecule has 0 saturated carbocycles. The quantitative estimate of drug-likeness (QED) is 0.466. The van der Waals surface area contributed by atoms with Crippen molar-refractivity contribution in [3.05, 3.63) is 48.4 Å². The van der Waals surface area contributed by atoms with E-state index >= 15 is 0 Å². The van der Waals surface area contributed by atoms with E-state index in [0.717, 1.165) is 5.56 Å². The first-order chi connectivity index (χ1) is 13.2. The highest BCUT2D eigenvalue weighted by atomic mass is 32.2. The van der Waals surface area contributed by atoms with Crippen LogP contribution in [0.25, 0.3) is 11.3 Å². The number of nitrogens with zero attached hydrogens (tertiary/aromatic N) is 3. The number of thioether (sulfide) groups is 1. The SMILES string of the molecule is COc1ccc(-c2cc(CNC(=O)CSc3ncccn3)no2)cc1OC. The van der Waals surface area contributed by atoms with E-state index < -0.39 is 0 Å². The maximum absolute atomic E-state index is 11.9. The van der Waals surface area contributed by atoms with Gasteiger partial charge in [-0.2, -0.15) is 0 Å². The third-order valence-corrected chi connectivity index (χ3v) is 4.44. The molecule has 1 aromatic carbocycles. The summed E-state index contributed by atoms with van der Waals surface area (Å²) in [5, 5.41) is 7.34. The van der Waals surface area contributed by atoms with Crippen LogP contribution < -0.4 is 14.8 Å². The van der Waals surface area contributed by atoms with Crippen LogP contribution in [-0.2, 0) is 11.3 Å². The van der Waals surface area contributed by atoms with Gasteiger partial charge in [-0.25, -0.2) is 9.97 Å². The Balaban J connectivity index is 1.55. The maximum atomic E-state index is 11.9. The fourth-order valence-electron chi connectivity index (χ4n) is 2.25. The molecule has 0 aliphatic carbocycles. The Labute approximate surface area is 160 Å². The zero-order valence-corrected chi connectivity index (χ0v) is 15.7. The van der Waals surface area contributed by atoms with E-state index in [1.54, 1.807) is 50.9 Å². The van der Waals surface area contributed by atoms with Crippen LogP contribution in [0.2, 0.25) is 0 Å². The van der Waals surface area contributed by atoms with Gasteiger partial charge >= 0.3 is 0 Å². The molecule has 27 heavy (non-hydrogen) atoms. The van der Waals surface area contributed by atoms with E-state index in [1.165, 1.54) is 11.8 Å². The van der Waals surface area contributed by atoms with E-state index in [-0.39, 0.29) is 18.2 Å². The van der Waals surface area contributed by atoms with Gasteiger partial charge in [-0.15, -0.1) is 0 Å². The van der Waals surface area contributed by atoms with E-state index in [2.05, 4.69) is 20.4 Å². The normalized spacial score (nSPS) is 10.4. The summed E-state index contributed by atoms with van der Waals surface area (Å²) < 4.78 is 15.9. The number of benzene rings is 1. The second-order valence-electron chi connectivity index (χ2n) is 5.35. The fourth-order valence-corrected chi connectivity index (χ4v) is 2.88. The lowest BCUT2D eigenvalue weighted by atomic mass is 10.1. The Bertz CT molecular complexity index is 901. The van der Waals surface area contributed by atoms with Crippen LogP contribution in [0, 0.1) is 0 Å². The highest BCUT2D eigenvalue weighted by Gasteiger charge is 2.12. The first-order valence-corrected chi connectivity index (χ1v) is 9.02. The number of carbonyl (C=O) groups excluding carboxylic acids is 1. The van der Waals surface area contributed by atoms with Crippen molar-refractivity contribution < 1.29 is 18.8 Å². The largest absolute Gasteiger partial charge is 0.493 e. The number of carbonyl (C=O) groups is 1. The van der Waals surface area contributed by atoms with Gasteiger partial charge in [-0.05, 0) is 24.3 Å². The van der Waals surface area contributed by atoms with Gasteiger partial charge in [-0.1, -0.05) is 16.9 Å². The molecular formula is C18H18N4O4S. The molecule has 0 saturated heterocycles. The summed E-state index contributed by atoms with van der Waals surface area (Å²) in [6.45, 7) is 0.270. The van der Waals surface area contributed by atoms with Gasteiger partial charge in [0.1, 0.15) is 5.69 Å². The van der Waals surface area contributed by atoms with Gasteiger partial charge in [0.25, 0.3) is 0 Å². The van der Waals surface area contributed by atoms with Gasteiger partial charge in [0.05, 0.1) is 26.5 Å². The monoisotopic (exact) mass is 386 g/mol. The zero-order valence-electron chi connectivity index (χ0n) is 14.8. The lowest BCUT2D eigenvalue weighted by Crippen LogP contribution is -2.24. The molecule has 0 aliphatic rings. The molecule has 0 spiro atoms. The Hall–Kier alpha value is -3.07. The zero-order chi connectivity index (χ0) is 19.1. The number of methoxy groups -OCH3 is 2. The van der Waals surface area contributed by atoms with Crippen molar-refractivity contribution >= 4 is 17.7 Å². The highest BCUT2D eigenvalue weighted by Crippen LogP contribution is 2.32. The Morgan fingerprint density at radius 2 is 1.93 bits per heavy atom. The Kier molecular flexibility index (Phi) is 6.26. The predicted molar refractivity (Wildman–Crippen MR) is 99.6 cm³/mol. The number of aromatic nitrogens is 3. The molecular weight excluding hydrogens is 368 g/mol. The summed E-state index contributed by atoms with van der Waals surface area (Å²) in [7, 11) is 3.15. The van der Waals surface area contributed by atoms with Crippen molar-refractivity contribution in [3.8, 4) is 22.8 Å². The van der Waals surface area contributed by atoms with Crippen LogP contribution in [0.1, 0.15) is 5.69 Å². The Morgan fingerprint density at radius 3 is 2.67 bits per heavy atom. The molecule has 1 N–H and O–H groups in total. The minimum atomic E-state index is -0.136. The van der Waals surface area contributed by atoms with Crippen LogP contribution in [0.15, 0.2) is 52.4 Å². The first kappa shape index (κ1) is 18.7. The van der Waals surface area contributed by atoms with Crippen molar-refractivity contribution in [3.63, 3.8) is 0 Å². The topological polar surface area (TPSA) is 99.4 Å². The summed E-state index contributed by atoms with van der Waals surface area (Å²) in [6, 6.07) is 8.94. The minimum Gasteiger partial charge on any atom is -0.493 e. The van der Waals surface area contributed by atoms with Gasteiger partial charge in [-0.3, -0.25) is 4.79 Å². The third kappa shape index (κ3) is 4.98. The van der Waals surface area contributed by atoms with Gasteiger partial charge in [0.2, 0.25) is 5.91 Å². The number of hydrogen-bond acceptors (Lipinski definition) is 8. The fraction of sp³-hybridized carbons (Fsp3) is 0.222. The van der Waals surface area contributed by atoms with Crippen molar-refractivity contribution in [2.24, 2.45) is 0 Å². The molecule has 0 aliphatic heterocycles. The summed E-state index contributed by atoms with van der Waals surface area (Å²) in [5.74, 6) is 1.90. The molecule has 0 unspecified atom stereocenters. The minimum absolute atomic E-state index is 0.136. The standard InChI is InChI=1S/C18H18N4O4S/c1-24-14-5-4-12(8-16(14)25-2)15-9-13(22-26-15)10-21-17(23)11-27-18-19-6-3-7-20-18/h3-9H,10-11H2,1-2H3,(H,21,23). The molecule has 8 nitrogen and oxygen atoms in total. The van der Waals surface area contributed by atoms with Gasteiger partial charge in [0, 0.05) is 24.0 Å². The van der Waals surface area contributed by atoms with Crippen LogP contribution in [0.3, 0.4) is 0 Å². The van der Waals surface area contributed by atoms with Gasteiger partial charge in [0.15, 0.2) is 22.4 Å². The number of rotatable bonds is 8. The molecule has 0 radical (unpaired) electrons. The van der Waals surface area contributed by atoms with Crippen LogP contribution in [-0.4, -0.2) is 41.0 Å². The average Bonchev–Trinajstić information content (AvgIpc) is 3.20. The molecule has 9 heteroatoms. The first-order valence-electron chi connectivity index (χ1n) is 8.04. The molecule has 3 rings (SSSR count). The molecule has 140 valence electrons. The molecule has 0 bridgehead atoms. The van der Waals surface area contributed by atoms with Gasteiger partial charge < -0.3 is 19.3 Å². The lowest BCUT2D eigenvalue weighted by Gasteiger charge is -2.07. The van der Waals surface area contributed by atoms with Crippen LogP contribution >= 0.6 is 11.8 Å². The number of hydrogen-bond donors (Lipinski definition) is 1. The molecule has 0 fully saturated rings. The smallest absolute Gasteiger partial charge is 0.230 e. The van der Waals surface area contributed by atoms with E-state index in [9.17, 15) is 4.79 Å². The lowest BCUT2D eigenvalue weighted by molar-refractivity contribution is -0.118. The van der Waals surface area contributed by atoms with Crippen molar-refractivity contribution in [1.29, 1.82) is 0 Å². The summed E-state index contributed by atoms with van der Waals surface area (Å²) in [5.41, 5.74) is 1.42. The molecule has 3 aromatic rings. The van der Waals surface area contributed by atoms with Crippen molar-refractivity contribution in [2.45, 2.75) is 11.7 Å². The van der Waals surface area contributed by atoms with Crippen LogP contribution in [0.5, 0.6) is 11.5 Å². The highest BCUT2D eigenvalue weighted by molar-refractivity contribution is 7.99. The third-order valence-electron chi connectivity index (χ3n) is 3.57. The molecule has 2 aromatic heterocycles. The van der Waals surface area contributed by atoms with E-state index in [1.807, 2.05) is 6.07 Å². The van der Waals surface area contributed by atoms with E-state index in [0.29, 0.717) is 28.1 Å². The number of nitrogens with one attached hydrogen (secondary N) is 1. The van der Waals surface area contributed by atoms with Crippen molar-refractivity contribution in [1.82, 2.24) is 20.4 Å². The summed E-state index contributed by atoms with van der Waals surface area (Å²) in [6.07, 6.45) is 3.27. The Morgan fingerprint density at radius 1 is 1.15 bits per heavy atom. The van der Waals surface area contributed by atoms with E-state index in [4.69, 9.17) is 14.0 Å². The maximum Gasteiger partial charge on any atom is 0.230 e. The predicted octanol–water partition coefficient (Wildman–Crippen LogP) is 2.56. The summed E-state index contributed by atoms with van der Waals surface area (Å²) in [4.78, 5) is 20.1. The number of amides is 1. The average molecular weight is 386 g/mol. The summed E-state index contributed by atoms with van der Waals surface area (Å²) >= 11 is 1.27. The molecule has 2 heterocycles. The van der Waals surface area contributed by atoms with Crippen LogP contribution in [0.4, 0.5) is 0 Å².